The molecule has 0 bridgehead atoms. The molecule has 1 aromatic carbocycles. The van der Waals surface area contributed by atoms with Crippen molar-refractivity contribution in [2.75, 3.05) is 25.2 Å². The number of ether oxygens (including phenoxy) is 1. The summed E-state index contributed by atoms with van der Waals surface area (Å²) in [6, 6.07) is 8.53. The topological polar surface area (TPSA) is 36.3 Å². The van der Waals surface area contributed by atoms with Gasteiger partial charge in [0, 0.05) is 24.2 Å². The van der Waals surface area contributed by atoms with E-state index >= 15 is 0 Å². The minimum atomic E-state index is 0.634. The predicted octanol–water partition coefficient (Wildman–Crippen LogP) is 2.94. The Labute approximate surface area is 110 Å². The number of hydrogen-bond donors (Lipinski definition) is 0. The average Bonchev–Trinajstić information content (AvgIpc) is 3.15. The van der Waals surface area contributed by atoms with Crippen LogP contribution in [0.1, 0.15) is 18.4 Å². The lowest BCUT2D eigenvalue weighted by atomic mass is 10.2. The number of halogens is 1. The number of anilines is 1. The lowest BCUT2D eigenvalue weighted by molar-refractivity contribution is 0.205. The number of hydrogen-bond acceptors (Lipinski definition) is 3. The van der Waals surface area contributed by atoms with Crippen LogP contribution in [0, 0.1) is 11.3 Å². The van der Waals surface area contributed by atoms with Crippen molar-refractivity contribution in [3.05, 3.63) is 28.2 Å². The Balaban J connectivity index is 2.20. The maximum Gasteiger partial charge on any atom is 0.0992 e. The summed E-state index contributed by atoms with van der Waals surface area (Å²) in [6.45, 7) is 1.62. The Kier molecular flexibility index (Phi) is 4.03. The zero-order valence-electron chi connectivity index (χ0n) is 9.82. The van der Waals surface area contributed by atoms with Gasteiger partial charge in [0.15, 0.2) is 0 Å². The first kappa shape index (κ1) is 12.4. The van der Waals surface area contributed by atoms with Crippen LogP contribution in [0.3, 0.4) is 0 Å². The molecule has 1 aliphatic carbocycles. The van der Waals surface area contributed by atoms with Crippen LogP contribution in [0.25, 0.3) is 0 Å². The second-order valence-electron chi connectivity index (χ2n) is 4.20. The van der Waals surface area contributed by atoms with Gasteiger partial charge in [-0.2, -0.15) is 5.26 Å². The molecule has 1 fully saturated rings. The number of nitrogens with zero attached hydrogens (tertiary/aromatic N) is 2. The molecule has 90 valence electrons. The quantitative estimate of drug-likeness (QED) is 0.838. The van der Waals surface area contributed by atoms with Crippen LogP contribution in [0.5, 0.6) is 0 Å². The van der Waals surface area contributed by atoms with E-state index in [1.165, 1.54) is 12.8 Å². The minimum Gasteiger partial charge on any atom is -0.383 e. The molecule has 0 spiro atoms. The van der Waals surface area contributed by atoms with Crippen LogP contribution >= 0.6 is 15.9 Å². The SMILES string of the molecule is COCCN(c1ccc(C#N)cc1Br)C1CC1. The molecule has 0 aliphatic heterocycles. The van der Waals surface area contributed by atoms with Crippen molar-refractivity contribution in [3.8, 4) is 6.07 Å². The molecule has 1 aliphatic rings. The highest BCUT2D eigenvalue weighted by Crippen LogP contribution is 2.35. The highest BCUT2D eigenvalue weighted by Gasteiger charge is 2.29. The Morgan fingerprint density at radius 2 is 2.29 bits per heavy atom. The van der Waals surface area contributed by atoms with Gasteiger partial charge >= 0.3 is 0 Å². The highest BCUT2D eigenvalue weighted by molar-refractivity contribution is 9.10. The van der Waals surface area contributed by atoms with Crippen molar-refractivity contribution in [2.45, 2.75) is 18.9 Å². The molecule has 4 heteroatoms. The summed E-state index contributed by atoms with van der Waals surface area (Å²) < 4.78 is 6.13. The molecule has 1 saturated carbocycles. The Morgan fingerprint density at radius 1 is 1.53 bits per heavy atom. The van der Waals surface area contributed by atoms with Gasteiger partial charge in [-0.05, 0) is 47.0 Å². The van der Waals surface area contributed by atoms with Gasteiger partial charge in [0.2, 0.25) is 0 Å². The fourth-order valence-electron chi connectivity index (χ4n) is 1.88. The molecule has 2 rings (SSSR count). The van der Waals surface area contributed by atoms with Crippen LogP contribution in [0.4, 0.5) is 5.69 Å². The molecule has 17 heavy (non-hydrogen) atoms. The van der Waals surface area contributed by atoms with Crippen LogP contribution in [0.15, 0.2) is 22.7 Å². The maximum absolute atomic E-state index is 8.85. The second kappa shape index (κ2) is 5.52. The first-order valence-corrected chi connectivity index (χ1v) is 6.51. The number of benzene rings is 1. The normalized spacial score (nSPS) is 14.4. The summed E-state index contributed by atoms with van der Waals surface area (Å²) in [4.78, 5) is 2.36. The van der Waals surface area contributed by atoms with Gasteiger partial charge < -0.3 is 9.64 Å². The van der Waals surface area contributed by atoms with E-state index in [0.717, 1.165) is 23.3 Å². The van der Waals surface area contributed by atoms with E-state index in [1.807, 2.05) is 18.2 Å². The average molecular weight is 295 g/mol. The Hall–Kier alpha value is -1.05. The summed E-state index contributed by atoms with van der Waals surface area (Å²) in [5.74, 6) is 0. The summed E-state index contributed by atoms with van der Waals surface area (Å²) in [5.41, 5.74) is 1.84. The fourth-order valence-corrected chi connectivity index (χ4v) is 2.49. The standard InChI is InChI=1S/C13H15BrN2O/c1-17-7-6-16(11-3-4-11)13-5-2-10(9-15)8-12(13)14/h2,5,8,11H,3-4,6-7H2,1H3. The van der Waals surface area contributed by atoms with Crippen molar-refractivity contribution in [3.63, 3.8) is 0 Å². The van der Waals surface area contributed by atoms with Crippen LogP contribution in [-0.4, -0.2) is 26.3 Å². The number of methoxy groups -OCH3 is 1. The van der Waals surface area contributed by atoms with Gasteiger partial charge in [-0.25, -0.2) is 0 Å². The van der Waals surface area contributed by atoms with Gasteiger partial charge in [-0.1, -0.05) is 0 Å². The molecule has 0 heterocycles. The van der Waals surface area contributed by atoms with Crippen molar-refractivity contribution < 1.29 is 4.74 Å². The summed E-state index contributed by atoms with van der Waals surface area (Å²) in [5, 5.41) is 8.85. The zero-order chi connectivity index (χ0) is 12.3. The monoisotopic (exact) mass is 294 g/mol. The molecule has 1 aromatic rings. The van der Waals surface area contributed by atoms with Crippen molar-refractivity contribution >= 4 is 21.6 Å². The Morgan fingerprint density at radius 3 is 2.82 bits per heavy atom. The first-order valence-electron chi connectivity index (χ1n) is 5.71. The van der Waals surface area contributed by atoms with Crippen molar-refractivity contribution in [1.82, 2.24) is 0 Å². The molecule has 3 nitrogen and oxygen atoms in total. The van der Waals surface area contributed by atoms with E-state index in [4.69, 9.17) is 10.00 Å². The highest BCUT2D eigenvalue weighted by atomic mass is 79.9. The molecule has 0 atom stereocenters. The molecule has 0 saturated heterocycles. The largest absolute Gasteiger partial charge is 0.383 e. The number of rotatable bonds is 5. The minimum absolute atomic E-state index is 0.634. The van der Waals surface area contributed by atoms with Crippen LogP contribution < -0.4 is 4.90 Å². The molecule has 0 radical (unpaired) electrons. The predicted molar refractivity (Wildman–Crippen MR) is 71.1 cm³/mol. The fraction of sp³-hybridized carbons (Fsp3) is 0.462. The van der Waals surface area contributed by atoms with Crippen LogP contribution in [-0.2, 0) is 4.74 Å². The summed E-state index contributed by atoms with van der Waals surface area (Å²) in [7, 11) is 1.72. The lowest BCUT2D eigenvalue weighted by Crippen LogP contribution is -2.29. The Bertz CT molecular complexity index is 438. The van der Waals surface area contributed by atoms with Crippen LogP contribution in [0.2, 0.25) is 0 Å². The van der Waals surface area contributed by atoms with E-state index in [-0.39, 0.29) is 0 Å². The van der Waals surface area contributed by atoms with Gasteiger partial charge in [0.25, 0.3) is 0 Å². The molecular weight excluding hydrogens is 280 g/mol. The zero-order valence-corrected chi connectivity index (χ0v) is 11.4. The molecule has 0 N–H and O–H groups in total. The van der Waals surface area contributed by atoms with E-state index < -0.39 is 0 Å². The third-order valence-corrected chi connectivity index (χ3v) is 3.55. The molecule has 0 unspecified atom stereocenters. The van der Waals surface area contributed by atoms with Crippen molar-refractivity contribution in [2.24, 2.45) is 0 Å². The van der Waals surface area contributed by atoms with E-state index in [2.05, 4.69) is 26.9 Å². The van der Waals surface area contributed by atoms with Gasteiger partial charge in [0.05, 0.1) is 23.9 Å². The second-order valence-corrected chi connectivity index (χ2v) is 5.05. The molecule has 0 amide bonds. The third-order valence-electron chi connectivity index (χ3n) is 2.91. The third kappa shape index (κ3) is 2.99. The van der Waals surface area contributed by atoms with E-state index in [1.54, 1.807) is 7.11 Å². The first-order chi connectivity index (χ1) is 8.26. The van der Waals surface area contributed by atoms with Crippen molar-refractivity contribution in [1.29, 1.82) is 5.26 Å². The number of nitriles is 1. The maximum atomic E-state index is 8.85. The van der Waals surface area contributed by atoms with Gasteiger partial charge in [-0.3, -0.25) is 0 Å². The van der Waals surface area contributed by atoms with E-state index in [9.17, 15) is 0 Å². The van der Waals surface area contributed by atoms with Gasteiger partial charge in [-0.15, -0.1) is 0 Å². The molecular formula is C13H15BrN2O. The molecule has 0 aromatic heterocycles. The smallest absolute Gasteiger partial charge is 0.0992 e. The lowest BCUT2D eigenvalue weighted by Gasteiger charge is -2.25. The summed E-state index contributed by atoms with van der Waals surface area (Å²) in [6.07, 6.45) is 2.49. The van der Waals surface area contributed by atoms with E-state index in [0.29, 0.717) is 11.6 Å². The summed E-state index contributed by atoms with van der Waals surface area (Å²) >= 11 is 3.54. The van der Waals surface area contributed by atoms with Gasteiger partial charge in [0.1, 0.15) is 0 Å².